The van der Waals surface area contributed by atoms with Crippen LogP contribution in [0.1, 0.15) is 37.3 Å². The van der Waals surface area contributed by atoms with Crippen molar-refractivity contribution in [2.75, 3.05) is 7.11 Å². The number of nitrogens with zero attached hydrogens (tertiary/aromatic N) is 2. The van der Waals surface area contributed by atoms with Gasteiger partial charge in [0.05, 0.1) is 22.9 Å². The average Bonchev–Trinajstić information content (AvgIpc) is 3.42. The maximum atomic E-state index is 13.6. The number of hydrogen-bond donors (Lipinski definition) is 0. The van der Waals surface area contributed by atoms with Gasteiger partial charge in [0.15, 0.2) is 4.80 Å². The second kappa shape index (κ2) is 9.80. The van der Waals surface area contributed by atoms with Crippen molar-refractivity contribution in [2.45, 2.75) is 26.8 Å². The molecule has 0 fully saturated rings. The van der Waals surface area contributed by atoms with Gasteiger partial charge in [-0.2, -0.15) is 0 Å². The number of rotatable bonds is 5. The lowest BCUT2D eigenvalue weighted by molar-refractivity contribution is -0.137. The van der Waals surface area contributed by atoms with Crippen LogP contribution in [-0.2, 0) is 19.1 Å². The Morgan fingerprint density at radius 1 is 1.11 bits per heavy atom. The Hall–Kier alpha value is -3.83. The number of thiazole rings is 1. The SMILES string of the molecule is COC(=O)C1=C(C)N=c2s/c(=C\c3ccc(OC(C)=O)cc3OC(C)=O)c(=O)n2[C@@H]1c1cccs1. The van der Waals surface area contributed by atoms with E-state index < -0.39 is 23.9 Å². The molecule has 0 saturated heterocycles. The first kappa shape index (κ1) is 24.3. The Kier molecular flexibility index (Phi) is 6.81. The standard InChI is InChI=1S/C24H20N2O7S2/c1-12-20(23(30)31-4)21(18-6-5-9-34-18)26-22(29)19(35-24(26)25-12)10-15-7-8-16(32-13(2)27)11-17(15)33-14(3)28/h5-11,21H,1-4H3/b19-10-/t21-/m1/s1. The maximum Gasteiger partial charge on any atom is 0.338 e. The maximum absolute atomic E-state index is 13.6. The van der Waals surface area contributed by atoms with Crippen molar-refractivity contribution in [3.8, 4) is 11.5 Å². The summed E-state index contributed by atoms with van der Waals surface area (Å²) in [6.07, 6.45) is 1.57. The van der Waals surface area contributed by atoms with Crippen LogP contribution in [0.5, 0.6) is 11.5 Å². The number of ether oxygens (including phenoxy) is 3. The molecular weight excluding hydrogens is 492 g/mol. The topological polar surface area (TPSA) is 113 Å². The van der Waals surface area contributed by atoms with Gasteiger partial charge in [-0.1, -0.05) is 17.4 Å². The van der Waals surface area contributed by atoms with Crippen LogP contribution in [0.2, 0.25) is 0 Å². The van der Waals surface area contributed by atoms with E-state index in [0.29, 0.717) is 26.2 Å². The van der Waals surface area contributed by atoms with Gasteiger partial charge in [-0.05, 0) is 36.6 Å². The van der Waals surface area contributed by atoms with E-state index in [4.69, 9.17) is 14.2 Å². The summed E-state index contributed by atoms with van der Waals surface area (Å²) in [4.78, 5) is 54.9. The predicted octanol–water partition coefficient (Wildman–Crippen LogP) is 2.32. The molecule has 9 nitrogen and oxygen atoms in total. The van der Waals surface area contributed by atoms with E-state index in [-0.39, 0.29) is 17.1 Å². The smallest absolute Gasteiger partial charge is 0.338 e. The van der Waals surface area contributed by atoms with E-state index in [1.165, 1.54) is 49.0 Å². The van der Waals surface area contributed by atoms with Gasteiger partial charge in [0.1, 0.15) is 17.5 Å². The van der Waals surface area contributed by atoms with Crippen LogP contribution in [0, 0.1) is 0 Å². The Labute approximate surface area is 207 Å². The quantitative estimate of drug-likeness (QED) is 0.381. The van der Waals surface area contributed by atoms with Crippen LogP contribution in [-0.4, -0.2) is 29.6 Å². The van der Waals surface area contributed by atoms with Crippen molar-refractivity contribution in [3.63, 3.8) is 0 Å². The lowest BCUT2D eigenvalue weighted by atomic mass is 10.0. The van der Waals surface area contributed by atoms with E-state index in [1.54, 1.807) is 19.1 Å². The Balaban J connectivity index is 1.91. The number of aromatic nitrogens is 1. The van der Waals surface area contributed by atoms with Gasteiger partial charge in [0.2, 0.25) is 0 Å². The number of hydrogen-bond acceptors (Lipinski definition) is 10. The van der Waals surface area contributed by atoms with Gasteiger partial charge in [-0.25, -0.2) is 9.79 Å². The van der Waals surface area contributed by atoms with Crippen molar-refractivity contribution < 1.29 is 28.6 Å². The first-order valence-corrected chi connectivity index (χ1v) is 12.0. The summed E-state index contributed by atoms with van der Waals surface area (Å²) in [5.41, 5.74) is 0.825. The molecule has 0 radical (unpaired) electrons. The highest BCUT2D eigenvalue weighted by Crippen LogP contribution is 2.33. The van der Waals surface area contributed by atoms with Gasteiger partial charge in [-0.3, -0.25) is 19.0 Å². The van der Waals surface area contributed by atoms with Crippen LogP contribution in [0.15, 0.2) is 56.8 Å². The summed E-state index contributed by atoms with van der Waals surface area (Å²) < 4.78 is 17.1. The summed E-state index contributed by atoms with van der Waals surface area (Å²) in [5.74, 6) is -1.33. The summed E-state index contributed by atoms with van der Waals surface area (Å²) in [7, 11) is 1.29. The minimum atomic E-state index is -0.680. The zero-order chi connectivity index (χ0) is 25.3. The van der Waals surface area contributed by atoms with Crippen molar-refractivity contribution in [1.29, 1.82) is 0 Å². The number of fused-ring (bicyclic) bond motifs is 1. The minimum Gasteiger partial charge on any atom is -0.466 e. The molecule has 4 rings (SSSR count). The fraction of sp³-hybridized carbons (Fsp3) is 0.208. The van der Waals surface area contributed by atoms with Crippen LogP contribution in [0.25, 0.3) is 6.08 Å². The largest absolute Gasteiger partial charge is 0.466 e. The van der Waals surface area contributed by atoms with Crippen molar-refractivity contribution in [1.82, 2.24) is 4.57 Å². The number of methoxy groups -OCH3 is 1. The molecule has 0 bridgehead atoms. The first-order valence-electron chi connectivity index (χ1n) is 10.3. The van der Waals surface area contributed by atoms with Crippen molar-refractivity contribution in [3.05, 3.63) is 77.1 Å². The number of carbonyl (C=O) groups is 3. The van der Waals surface area contributed by atoms with E-state index in [0.717, 1.165) is 16.2 Å². The van der Waals surface area contributed by atoms with E-state index >= 15 is 0 Å². The molecule has 3 aromatic rings. The van der Waals surface area contributed by atoms with Crippen molar-refractivity contribution in [2.24, 2.45) is 4.99 Å². The van der Waals surface area contributed by atoms with E-state index in [1.807, 2.05) is 17.5 Å². The fourth-order valence-corrected chi connectivity index (χ4v) is 5.52. The summed E-state index contributed by atoms with van der Waals surface area (Å²) in [6, 6.07) is 7.53. The molecule has 0 amide bonds. The van der Waals surface area contributed by atoms with Crippen LogP contribution in [0.3, 0.4) is 0 Å². The van der Waals surface area contributed by atoms with E-state index in [9.17, 15) is 19.2 Å². The third-order valence-electron chi connectivity index (χ3n) is 5.03. The zero-order valence-corrected chi connectivity index (χ0v) is 20.8. The normalized spacial score (nSPS) is 15.3. The van der Waals surface area contributed by atoms with Gasteiger partial charge >= 0.3 is 17.9 Å². The number of carbonyl (C=O) groups excluding carboxylic acids is 3. The van der Waals surface area contributed by atoms with Gasteiger partial charge < -0.3 is 14.2 Å². The van der Waals surface area contributed by atoms with Gasteiger partial charge in [0.25, 0.3) is 5.56 Å². The average molecular weight is 513 g/mol. The highest BCUT2D eigenvalue weighted by Gasteiger charge is 2.33. The van der Waals surface area contributed by atoms with Crippen molar-refractivity contribution >= 4 is 46.7 Å². The highest BCUT2D eigenvalue weighted by atomic mass is 32.1. The van der Waals surface area contributed by atoms with Gasteiger partial charge in [0, 0.05) is 30.4 Å². The van der Waals surface area contributed by atoms with Crippen LogP contribution < -0.4 is 24.4 Å². The van der Waals surface area contributed by atoms with Crippen LogP contribution in [0.4, 0.5) is 0 Å². The summed E-state index contributed by atoms with van der Waals surface area (Å²) in [6.45, 7) is 4.21. The number of benzene rings is 1. The molecule has 11 heteroatoms. The first-order chi connectivity index (χ1) is 16.7. The zero-order valence-electron chi connectivity index (χ0n) is 19.2. The molecule has 3 heterocycles. The molecule has 0 saturated carbocycles. The lowest BCUT2D eigenvalue weighted by Crippen LogP contribution is -2.39. The predicted molar refractivity (Wildman–Crippen MR) is 129 cm³/mol. The molecule has 0 spiro atoms. The number of allylic oxidation sites excluding steroid dienone is 1. The third-order valence-corrected chi connectivity index (χ3v) is 6.93. The monoisotopic (exact) mass is 512 g/mol. The molecule has 0 N–H and O–H groups in total. The summed E-state index contributed by atoms with van der Waals surface area (Å²) >= 11 is 2.56. The molecule has 1 aliphatic rings. The van der Waals surface area contributed by atoms with E-state index in [2.05, 4.69) is 4.99 Å². The Bertz CT molecular complexity index is 1550. The second-order valence-corrected chi connectivity index (χ2v) is 9.46. The molecular formula is C24H20N2O7S2. The fourth-order valence-electron chi connectivity index (χ4n) is 3.66. The molecule has 180 valence electrons. The molecule has 1 aliphatic heterocycles. The number of thiophene rings is 1. The Morgan fingerprint density at radius 2 is 1.86 bits per heavy atom. The second-order valence-electron chi connectivity index (χ2n) is 7.48. The van der Waals surface area contributed by atoms with Crippen LogP contribution >= 0.6 is 22.7 Å². The van der Waals surface area contributed by atoms with Gasteiger partial charge in [-0.15, -0.1) is 11.3 Å². The molecule has 35 heavy (non-hydrogen) atoms. The molecule has 0 unspecified atom stereocenters. The molecule has 2 aromatic heterocycles. The lowest BCUT2D eigenvalue weighted by Gasteiger charge is -2.22. The Morgan fingerprint density at radius 3 is 2.49 bits per heavy atom. The minimum absolute atomic E-state index is 0.128. The molecule has 0 aliphatic carbocycles. The summed E-state index contributed by atoms with van der Waals surface area (Å²) in [5, 5.41) is 1.87. The third kappa shape index (κ3) is 4.86. The molecule has 1 atom stereocenters. The molecule has 1 aromatic carbocycles. The highest BCUT2D eigenvalue weighted by molar-refractivity contribution is 7.10. The number of esters is 3.